The van der Waals surface area contributed by atoms with Crippen molar-refractivity contribution < 1.29 is 18.0 Å². The number of pyridine rings is 1. The fourth-order valence-corrected chi connectivity index (χ4v) is 3.34. The highest BCUT2D eigenvalue weighted by Crippen LogP contribution is 2.30. The lowest BCUT2D eigenvalue weighted by atomic mass is 10.1. The van der Waals surface area contributed by atoms with E-state index in [4.69, 9.17) is 12.2 Å². The summed E-state index contributed by atoms with van der Waals surface area (Å²) in [6.45, 7) is 0. The van der Waals surface area contributed by atoms with Gasteiger partial charge in [0.2, 0.25) is 0 Å². The number of rotatable bonds is 4. The third-order valence-corrected chi connectivity index (χ3v) is 4.72. The predicted octanol–water partition coefficient (Wildman–Crippen LogP) is 5.06. The molecule has 0 bridgehead atoms. The summed E-state index contributed by atoms with van der Waals surface area (Å²) in [7, 11) is 0. The molecular weight excluding hydrogens is 383 g/mol. The van der Waals surface area contributed by atoms with E-state index in [1.54, 1.807) is 24.4 Å². The minimum Gasteiger partial charge on any atom is -0.352 e. The second kappa shape index (κ2) is 7.38. The first-order valence-corrected chi connectivity index (χ1v) is 8.65. The lowest BCUT2D eigenvalue weighted by Gasteiger charge is -2.07. The van der Waals surface area contributed by atoms with E-state index in [1.807, 2.05) is 0 Å². The topological polar surface area (TPSA) is 57.8 Å². The summed E-state index contributed by atoms with van der Waals surface area (Å²) in [6.07, 6.45) is -0.928. The number of alkyl halides is 3. The van der Waals surface area contributed by atoms with Crippen LogP contribution in [0.1, 0.15) is 26.4 Å². The van der Waals surface area contributed by atoms with Crippen LogP contribution in [0.5, 0.6) is 0 Å². The van der Waals surface area contributed by atoms with Gasteiger partial charge in [0.05, 0.1) is 11.1 Å². The number of thiazole rings is 1. The van der Waals surface area contributed by atoms with Gasteiger partial charge in [-0.3, -0.25) is 10.1 Å². The van der Waals surface area contributed by atoms with E-state index in [-0.39, 0.29) is 0 Å². The van der Waals surface area contributed by atoms with Crippen molar-refractivity contribution in [2.75, 3.05) is 5.32 Å². The molecule has 0 aliphatic carbocycles. The monoisotopic (exact) mass is 395 g/mol. The van der Waals surface area contributed by atoms with Crippen LogP contribution in [0.15, 0.2) is 48.8 Å². The Kier molecular flexibility index (Phi) is 5.19. The summed E-state index contributed by atoms with van der Waals surface area (Å²) in [5.74, 6) is -0.396. The third kappa shape index (κ3) is 4.36. The van der Waals surface area contributed by atoms with Gasteiger partial charge in [-0.15, -0.1) is 11.3 Å². The van der Waals surface area contributed by atoms with Crippen LogP contribution >= 0.6 is 23.6 Å². The number of aromatic nitrogens is 2. The van der Waals surface area contributed by atoms with Crippen LogP contribution in [0.2, 0.25) is 0 Å². The largest absolute Gasteiger partial charge is 0.416 e. The highest BCUT2D eigenvalue weighted by Gasteiger charge is 2.30. The highest BCUT2D eigenvalue weighted by molar-refractivity contribution is 7.71. The first-order valence-electron chi connectivity index (χ1n) is 7.43. The van der Waals surface area contributed by atoms with Gasteiger partial charge in [0, 0.05) is 23.7 Å². The van der Waals surface area contributed by atoms with Crippen LogP contribution in [-0.2, 0) is 12.6 Å². The smallest absolute Gasteiger partial charge is 0.352 e. The fraction of sp³-hybridized carbons (Fsp3) is 0.118. The van der Waals surface area contributed by atoms with E-state index >= 15 is 0 Å². The Morgan fingerprint density at radius 3 is 2.81 bits per heavy atom. The summed E-state index contributed by atoms with van der Waals surface area (Å²) < 4.78 is 38.7. The van der Waals surface area contributed by atoms with Gasteiger partial charge in [0.15, 0.2) is 5.13 Å². The first kappa shape index (κ1) is 18.3. The second-order valence-corrected chi connectivity index (χ2v) is 6.90. The third-order valence-electron chi connectivity index (χ3n) is 3.47. The Morgan fingerprint density at radius 1 is 1.27 bits per heavy atom. The van der Waals surface area contributed by atoms with Crippen LogP contribution in [0.3, 0.4) is 0 Å². The zero-order valence-electron chi connectivity index (χ0n) is 13.1. The minimum atomic E-state index is -4.38. The van der Waals surface area contributed by atoms with Crippen LogP contribution in [-0.4, -0.2) is 15.9 Å². The molecule has 0 saturated heterocycles. The standard InChI is InChI=1S/C17H12F3N3OS2/c18-17(19,20)11-4-1-3-10(7-11)8-12-9-22-16(26-12)23-14(24)13-5-2-6-21-15(13)25/h1-7,9H,8H2,(H,21,25)(H,22,23,24). The van der Waals surface area contributed by atoms with Gasteiger partial charge in [-0.2, -0.15) is 13.2 Å². The zero-order chi connectivity index (χ0) is 18.7. The average Bonchev–Trinajstić information content (AvgIpc) is 3.01. The summed E-state index contributed by atoms with van der Waals surface area (Å²) in [5.41, 5.74) is 0.148. The van der Waals surface area contributed by atoms with Crippen LogP contribution in [0.4, 0.5) is 18.3 Å². The Morgan fingerprint density at radius 2 is 2.08 bits per heavy atom. The molecule has 26 heavy (non-hydrogen) atoms. The number of anilines is 1. The van der Waals surface area contributed by atoms with E-state index in [2.05, 4.69) is 15.3 Å². The van der Waals surface area contributed by atoms with Gasteiger partial charge in [-0.25, -0.2) is 4.98 Å². The molecule has 0 radical (unpaired) electrons. The van der Waals surface area contributed by atoms with E-state index in [9.17, 15) is 18.0 Å². The molecule has 0 saturated carbocycles. The number of carbonyl (C=O) groups is 1. The lowest BCUT2D eigenvalue weighted by Crippen LogP contribution is -2.12. The number of H-pyrrole nitrogens is 1. The Bertz CT molecular complexity index is 995. The van der Waals surface area contributed by atoms with E-state index in [0.29, 0.717) is 27.3 Å². The van der Waals surface area contributed by atoms with E-state index in [0.717, 1.165) is 17.0 Å². The molecule has 9 heteroatoms. The van der Waals surface area contributed by atoms with Gasteiger partial charge in [0.1, 0.15) is 4.64 Å². The molecule has 0 unspecified atom stereocenters. The average molecular weight is 395 g/mol. The second-order valence-electron chi connectivity index (χ2n) is 5.37. The van der Waals surface area contributed by atoms with Crippen molar-refractivity contribution in [2.45, 2.75) is 12.6 Å². The zero-order valence-corrected chi connectivity index (χ0v) is 14.8. The van der Waals surface area contributed by atoms with Gasteiger partial charge in [-0.1, -0.05) is 30.4 Å². The molecule has 2 heterocycles. The van der Waals surface area contributed by atoms with Crippen LogP contribution in [0, 0.1) is 4.64 Å². The molecule has 2 N–H and O–H groups in total. The van der Waals surface area contributed by atoms with Crippen molar-refractivity contribution >= 4 is 34.6 Å². The number of benzene rings is 1. The Balaban J connectivity index is 1.72. The number of carbonyl (C=O) groups excluding carboxylic acids is 1. The molecular formula is C17H12F3N3OS2. The molecule has 134 valence electrons. The van der Waals surface area contributed by atoms with Crippen molar-refractivity contribution in [3.8, 4) is 0 Å². The van der Waals surface area contributed by atoms with Crippen LogP contribution in [0.25, 0.3) is 0 Å². The molecule has 0 fully saturated rings. The Hall–Kier alpha value is -2.52. The molecule has 2 aromatic heterocycles. The minimum absolute atomic E-state index is 0.295. The molecule has 0 aliphatic heterocycles. The fourth-order valence-electron chi connectivity index (χ4n) is 2.27. The van der Waals surface area contributed by atoms with Crippen molar-refractivity contribution in [3.05, 3.63) is 75.0 Å². The van der Waals surface area contributed by atoms with Gasteiger partial charge < -0.3 is 4.98 Å². The summed E-state index contributed by atoms with van der Waals surface area (Å²) in [5, 5.41) is 3.00. The Labute approximate surface area is 155 Å². The van der Waals surface area contributed by atoms with E-state index in [1.165, 1.54) is 23.6 Å². The van der Waals surface area contributed by atoms with Crippen molar-refractivity contribution in [1.82, 2.24) is 9.97 Å². The molecule has 0 aliphatic rings. The molecule has 0 spiro atoms. The van der Waals surface area contributed by atoms with Crippen molar-refractivity contribution in [3.63, 3.8) is 0 Å². The number of hydrogen-bond donors (Lipinski definition) is 2. The highest BCUT2D eigenvalue weighted by atomic mass is 32.1. The van der Waals surface area contributed by atoms with Crippen LogP contribution < -0.4 is 5.32 Å². The first-order chi connectivity index (χ1) is 12.3. The maximum absolute atomic E-state index is 12.8. The molecule has 3 rings (SSSR count). The summed E-state index contributed by atoms with van der Waals surface area (Å²) in [4.78, 5) is 19.8. The summed E-state index contributed by atoms with van der Waals surface area (Å²) in [6, 6.07) is 8.39. The molecule has 4 nitrogen and oxygen atoms in total. The van der Waals surface area contributed by atoms with Gasteiger partial charge in [0.25, 0.3) is 5.91 Å². The number of halogens is 3. The molecule has 1 aromatic carbocycles. The van der Waals surface area contributed by atoms with Crippen molar-refractivity contribution in [2.24, 2.45) is 0 Å². The number of hydrogen-bond acceptors (Lipinski definition) is 4. The number of nitrogens with one attached hydrogen (secondary N) is 2. The molecule has 1 amide bonds. The number of aromatic amines is 1. The normalized spacial score (nSPS) is 11.3. The quantitative estimate of drug-likeness (QED) is 0.607. The van der Waals surface area contributed by atoms with Gasteiger partial charge in [-0.05, 0) is 23.8 Å². The lowest BCUT2D eigenvalue weighted by molar-refractivity contribution is -0.137. The molecule has 3 aromatic rings. The maximum Gasteiger partial charge on any atom is 0.416 e. The predicted molar refractivity (Wildman–Crippen MR) is 95.9 cm³/mol. The summed E-state index contributed by atoms with van der Waals surface area (Å²) >= 11 is 6.25. The number of nitrogens with zero attached hydrogens (tertiary/aromatic N) is 1. The van der Waals surface area contributed by atoms with E-state index < -0.39 is 17.6 Å². The van der Waals surface area contributed by atoms with Gasteiger partial charge >= 0.3 is 6.18 Å². The number of amides is 1. The maximum atomic E-state index is 12.8. The molecule has 0 atom stereocenters. The van der Waals surface area contributed by atoms with Crippen molar-refractivity contribution in [1.29, 1.82) is 0 Å². The SMILES string of the molecule is O=C(Nc1ncc(Cc2cccc(C(F)(F)F)c2)s1)c1ccc[nH]c1=S.